The molecule has 0 heterocycles. The highest BCUT2D eigenvalue weighted by Crippen LogP contribution is 2.00. The number of methoxy groups -OCH3 is 1. The second-order valence-corrected chi connectivity index (χ2v) is 2.17. The first-order valence-electron chi connectivity index (χ1n) is 3.75. The predicted molar refractivity (Wildman–Crippen MR) is 43.8 cm³/mol. The monoisotopic (exact) mass is 174 g/mol. The lowest BCUT2D eigenvalue weighted by Crippen LogP contribution is -2.02. The van der Waals surface area contributed by atoms with Crippen molar-refractivity contribution in [3.8, 4) is 0 Å². The van der Waals surface area contributed by atoms with Crippen LogP contribution in [0.5, 0.6) is 0 Å². The van der Waals surface area contributed by atoms with Crippen LogP contribution in [-0.2, 0) is 14.3 Å². The highest BCUT2D eigenvalue weighted by molar-refractivity contribution is 5.86. The molecular weight excluding hydrogens is 160 g/mol. The quantitative estimate of drug-likeness (QED) is 0.371. The molecule has 70 valence electrons. The lowest BCUT2D eigenvalue weighted by Gasteiger charge is -2.00. The number of ether oxygens (including phenoxy) is 2. The number of hydrogen-bond donors (Lipinski definition) is 1. The van der Waals surface area contributed by atoms with Crippen molar-refractivity contribution in [3.63, 3.8) is 0 Å². The summed E-state index contributed by atoms with van der Waals surface area (Å²) in [6.45, 7) is 2.61. The van der Waals surface area contributed by atoms with Crippen molar-refractivity contribution < 1.29 is 19.4 Å². The maximum absolute atomic E-state index is 10.4. The Hall–Kier alpha value is -1.03. The minimum absolute atomic E-state index is 0.270. The number of carboxylic acids is 1. The smallest absolute Gasteiger partial charge is 0.334 e. The third kappa shape index (κ3) is 4.73. The van der Waals surface area contributed by atoms with Gasteiger partial charge in [-0.3, -0.25) is 0 Å². The highest BCUT2D eigenvalue weighted by Gasteiger charge is 2.03. The summed E-state index contributed by atoms with van der Waals surface area (Å²) in [5.74, 6) is -0.935. The Kier molecular flexibility index (Phi) is 6.09. The van der Waals surface area contributed by atoms with E-state index in [0.717, 1.165) is 0 Å². The first kappa shape index (κ1) is 11.0. The molecule has 0 amide bonds. The van der Waals surface area contributed by atoms with E-state index in [1.165, 1.54) is 6.26 Å². The molecule has 0 aromatic rings. The molecule has 0 radical (unpaired) electrons. The van der Waals surface area contributed by atoms with Crippen molar-refractivity contribution in [2.45, 2.75) is 13.3 Å². The van der Waals surface area contributed by atoms with E-state index < -0.39 is 5.97 Å². The first-order chi connectivity index (χ1) is 5.72. The molecule has 0 spiro atoms. The third-order valence-electron chi connectivity index (χ3n) is 1.29. The van der Waals surface area contributed by atoms with E-state index in [-0.39, 0.29) is 5.57 Å². The van der Waals surface area contributed by atoms with Crippen molar-refractivity contribution in [1.29, 1.82) is 0 Å². The zero-order chi connectivity index (χ0) is 9.40. The normalized spacial score (nSPS) is 11.3. The Balaban J connectivity index is 3.71. The van der Waals surface area contributed by atoms with Crippen LogP contribution >= 0.6 is 0 Å². The van der Waals surface area contributed by atoms with Gasteiger partial charge in [-0.05, 0) is 6.42 Å². The van der Waals surface area contributed by atoms with Gasteiger partial charge in [-0.1, -0.05) is 6.92 Å². The Morgan fingerprint density at radius 2 is 2.17 bits per heavy atom. The molecule has 0 aromatic carbocycles. The van der Waals surface area contributed by atoms with Crippen LogP contribution in [-0.4, -0.2) is 31.4 Å². The van der Waals surface area contributed by atoms with Crippen molar-refractivity contribution >= 4 is 5.97 Å². The van der Waals surface area contributed by atoms with Gasteiger partial charge < -0.3 is 14.6 Å². The molecule has 0 saturated carbocycles. The number of aliphatic carboxylic acids is 1. The summed E-state index contributed by atoms with van der Waals surface area (Å²) in [7, 11) is 1.56. The summed E-state index contributed by atoms with van der Waals surface area (Å²) >= 11 is 0. The molecule has 0 bridgehead atoms. The summed E-state index contributed by atoms with van der Waals surface area (Å²) in [4.78, 5) is 10.4. The van der Waals surface area contributed by atoms with Gasteiger partial charge >= 0.3 is 5.97 Å². The average molecular weight is 174 g/mol. The lowest BCUT2D eigenvalue weighted by molar-refractivity contribution is -0.132. The van der Waals surface area contributed by atoms with Gasteiger partial charge in [0.05, 0.1) is 18.4 Å². The SMILES string of the molecule is CCC(=COCCOC)C(=O)O. The lowest BCUT2D eigenvalue weighted by atomic mass is 10.2. The minimum atomic E-state index is -0.935. The maximum Gasteiger partial charge on any atom is 0.334 e. The fourth-order valence-corrected chi connectivity index (χ4v) is 0.576. The number of rotatable bonds is 6. The van der Waals surface area contributed by atoms with Gasteiger partial charge in [-0.25, -0.2) is 4.79 Å². The molecule has 0 aromatic heterocycles. The zero-order valence-electron chi connectivity index (χ0n) is 7.37. The van der Waals surface area contributed by atoms with E-state index in [0.29, 0.717) is 19.6 Å². The molecule has 0 atom stereocenters. The Morgan fingerprint density at radius 3 is 2.58 bits per heavy atom. The van der Waals surface area contributed by atoms with Gasteiger partial charge in [0.25, 0.3) is 0 Å². The highest BCUT2D eigenvalue weighted by atomic mass is 16.5. The van der Waals surface area contributed by atoms with Crippen molar-refractivity contribution in [1.82, 2.24) is 0 Å². The molecule has 0 unspecified atom stereocenters. The van der Waals surface area contributed by atoms with Crippen LogP contribution in [0.15, 0.2) is 11.8 Å². The molecule has 0 aliphatic carbocycles. The van der Waals surface area contributed by atoms with Crippen LogP contribution in [0, 0.1) is 0 Å². The summed E-state index contributed by atoms with van der Waals surface area (Å²) in [6, 6.07) is 0. The van der Waals surface area contributed by atoms with Crippen molar-refractivity contribution in [3.05, 3.63) is 11.8 Å². The fourth-order valence-electron chi connectivity index (χ4n) is 0.576. The molecule has 0 fully saturated rings. The molecular formula is C8H14O4. The Morgan fingerprint density at radius 1 is 1.50 bits per heavy atom. The van der Waals surface area contributed by atoms with Crippen molar-refractivity contribution in [2.75, 3.05) is 20.3 Å². The standard InChI is InChI=1S/C8H14O4/c1-3-7(8(9)10)6-12-5-4-11-2/h6H,3-5H2,1-2H3,(H,9,10). The van der Waals surface area contributed by atoms with E-state index in [9.17, 15) is 4.79 Å². The largest absolute Gasteiger partial charge is 0.498 e. The van der Waals surface area contributed by atoms with Gasteiger partial charge in [0.1, 0.15) is 6.61 Å². The molecule has 1 N–H and O–H groups in total. The molecule has 0 saturated heterocycles. The van der Waals surface area contributed by atoms with Crippen LogP contribution in [0.3, 0.4) is 0 Å². The summed E-state index contributed by atoms with van der Waals surface area (Å²) in [5, 5.41) is 8.55. The van der Waals surface area contributed by atoms with Crippen LogP contribution < -0.4 is 0 Å². The van der Waals surface area contributed by atoms with E-state index in [4.69, 9.17) is 14.6 Å². The first-order valence-corrected chi connectivity index (χ1v) is 3.75. The third-order valence-corrected chi connectivity index (χ3v) is 1.29. The summed E-state index contributed by atoms with van der Waals surface area (Å²) in [5.41, 5.74) is 0.270. The van der Waals surface area contributed by atoms with E-state index >= 15 is 0 Å². The molecule has 0 aliphatic rings. The second kappa shape index (κ2) is 6.67. The summed E-state index contributed by atoms with van der Waals surface area (Å²) < 4.78 is 9.64. The number of hydrogen-bond acceptors (Lipinski definition) is 3. The van der Waals surface area contributed by atoms with E-state index in [2.05, 4.69) is 0 Å². The molecule has 12 heavy (non-hydrogen) atoms. The van der Waals surface area contributed by atoms with E-state index in [1.807, 2.05) is 0 Å². The maximum atomic E-state index is 10.4. The fraction of sp³-hybridized carbons (Fsp3) is 0.625. The van der Waals surface area contributed by atoms with Crippen molar-refractivity contribution in [2.24, 2.45) is 0 Å². The van der Waals surface area contributed by atoms with Crippen LogP contribution in [0.1, 0.15) is 13.3 Å². The zero-order valence-corrected chi connectivity index (χ0v) is 7.37. The predicted octanol–water partition coefficient (Wildman–Crippen LogP) is 1.03. The number of carboxylic acid groups (broad SMARTS) is 1. The van der Waals surface area contributed by atoms with Gasteiger partial charge in [0.2, 0.25) is 0 Å². The van der Waals surface area contributed by atoms with Crippen LogP contribution in [0.2, 0.25) is 0 Å². The van der Waals surface area contributed by atoms with Gasteiger partial charge in [0, 0.05) is 7.11 Å². The Labute approximate surface area is 71.8 Å². The molecule has 0 aliphatic heterocycles. The summed E-state index contributed by atoms with van der Waals surface area (Å²) in [6.07, 6.45) is 1.73. The van der Waals surface area contributed by atoms with Gasteiger partial charge in [-0.2, -0.15) is 0 Å². The van der Waals surface area contributed by atoms with Crippen LogP contribution in [0.25, 0.3) is 0 Å². The second-order valence-electron chi connectivity index (χ2n) is 2.17. The van der Waals surface area contributed by atoms with Gasteiger partial charge in [-0.15, -0.1) is 0 Å². The topological polar surface area (TPSA) is 55.8 Å². The number of carbonyl (C=O) groups is 1. The van der Waals surface area contributed by atoms with Crippen LogP contribution in [0.4, 0.5) is 0 Å². The van der Waals surface area contributed by atoms with E-state index in [1.54, 1.807) is 14.0 Å². The molecule has 4 heteroatoms. The minimum Gasteiger partial charge on any atom is -0.498 e. The molecule has 4 nitrogen and oxygen atoms in total. The van der Waals surface area contributed by atoms with Gasteiger partial charge in [0.15, 0.2) is 0 Å². The molecule has 0 rings (SSSR count). The Bertz CT molecular complexity index is 162. The average Bonchev–Trinajstić information content (AvgIpc) is 2.04.